The second-order valence-corrected chi connectivity index (χ2v) is 10.9. The number of carbonyl (C=O) groups is 8. The molecule has 242 valence electrons. The highest BCUT2D eigenvalue weighted by atomic mass is 32.2. The molecule has 9 N–H and O–H groups in total. The number of ketones is 1. The fourth-order valence-electron chi connectivity index (χ4n) is 3.45. The number of carbonyl (C=O) groups excluding carboxylic acids is 6. The van der Waals surface area contributed by atoms with Crippen LogP contribution < -0.4 is 31.7 Å². The molecule has 0 spiro atoms. The van der Waals surface area contributed by atoms with E-state index in [1.807, 2.05) is 0 Å². The molecule has 4 atom stereocenters. The van der Waals surface area contributed by atoms with Gasteiger partial charge >= 0.3 is 17.8 Å². The molecule has 17 heteroatoms. The molecule has 0 unspecified atom stereocenters. The van der Waals surface area contributed by atoms with Gasteiger partial charge in [0, 0.05) is 18.1 Å². The fraction of sp³-hybridized carbons (Fsp3) is 0.481. The third-order valence-corrected chi connectivity index (χ3v) is 7.13. The Morgan fingerprint density at radius 2 is 1.52 bits per heavy atom. The molecule has 16 nitrogen and oxygen atoms in total. The van der Waals surface area contributed by atoms with Gasteiger partial charge in [-0.3, -0.25) is 34.1 Å². The monoisotopic (exact) mass is 640 g/mol. The molecule has 5 amide bonds. The zero-order chi connectivity index (χ0) is 33.4. The molecule has 0 aromatic heterocycles. The number of carboxylic acids is 2. The summed E-state index contributed by atoms with van der Waals surface area (Å²) in [6.07, 6.45) is -0.631. The Balaban J connectivity index is 2.86. The molecular weight excluding hydrogens is 602 g/mol. The van der Waals surface area contributed by atoms with E-state index in [1.54, 1.807) is 19.1 Å². The summed E-state index contributed by atoms with van der Waals surface area (Å²) < 4.78 is 5.09. The molecule has 1 aromatic rings. The Kier molecular flexibility index (Phi) is 16.1. The molecule has 0 saturated carbocycles. The van der Waals surface area contributed by atoms with Gasteiger partial charge in [-0.15, -0.1) is 0 Å². The van der Waals surface area contributed by atoms with Gasteiger partial charge in [-0.25, -0.2) is 9.59 Å². The molecule has 0 saturated heterocycles. The van der Waals surface area contributed by atoms with Crippen molar-refractivity contribution in [3.63, 3.8) is 0 Å². The van der Waals surface area contributed by atoms with Crippen molar-refractivity contribution < 1.29 is 58.6 Å². The van der Waals surface area contributed by atoms with E-state index in [4.69, 9.17) is 20.7 Å². The number of Topliss-reactive ketones (excluding diaryl/α,β-unsaturated/α-hetero) is 1. The van der Waals surface area contributed by atoms with E-state index in [0.717, 1.165) is 24.0 Å². The van der Waals surface area contributed by atoms with Gasteiger partial charge in [0.05, 0.1) is 18.2 Å². The Morgan fingerprint density at radius 1 is 0.909 bits per heavy atom. The number of amides is 5. The van der Waals surface area contributed by atoms with E-state index >= 15 is 0 Å². The maximum Gasteiger partial charge on any atom is 0.341 e. The number of thioether (sulfide) groups is 1. The van der Waals surface area contributed by atoms with Crippen LogP contribution in [0.2, 0.25) is 0 Å². The summed E-state index contributed by atoms with van der Waals surface area (Å²) in [7, 11) is 0. The average Bonchev–Trinajstić information content (AvgIpc) is 2.94. The first-order valence-corrected chi connectivity index (χ1v) is 14.5. The summed E-state index contributed by atoms with van der Waals surface area (Å²) in [5.74, 6) is -6.24. The van der Waals surface area contributed by atoms with Crippen LogP contribution in [-0.2, 0) is 44.8 Å². The number of aliphatic carboxylic acids is 2. The minimum Gasteiger partial charge on any atom is -0.482 e. The van der Waals surface area contributed by atoms with Crippen molar-refractivity contribution in [2.24, 2.45) is 11.7 Å². The summed E-state index contributed by atoms with van der Waals surface area (Å²) >= 11 is 1.12. The number of carboxylic acid groups (broad SMARTS) is 2. The van der Waals surface area contributed by atoms with Crippen molar-refractivity contribution in [1.29, 1.82) is 0 Å². The maximum atomic E-state index is 13.1. The largest absolute Gasteiger partial charge is 0.482 e. The van der Waals surface area contributed by atoms with Crippen LogP contribution in [0.5, 0.6) is 5.75 Å². The van der Waals surface area contributed by atoms with Crippen LogP contribution in [0.4, 0.5) is 0 Å². The lowest BCUT2D eigenvalue weighted by molar-refractivity contribution is -0.558. The molecule has 0 radical (unpaired) electrons. The van der Waals surface area contributed by atoms with Gasteiger partial charge in [0.15, 0.2) is 18.9 Å². The van der Waals surface area contributed by atoms with E-state index in [0.29, 0.717) is 5.56 Å². The number of benzene rings is 1. The van der Waals surface area contributed by atoms with Gasteiger partial charge < -0.3 is 36.6 Å². The smallest absolute Gasteiger partial charge is 0.341 e. The Labute approximate surface area is 257 Å². The first-order valence-electron chi connectivity index (χ1n) is 13.4. The number of hydrogen-bond acceptors (Lipinski definition) is 10. The number of rotatable bonds is 20. The van der Waals surface area contributed by atoms with Crippen molar-refractivity contribution >= 4 is 59.0 Å². The number of nitrogens with two attached hydrogens (primary N) is 2. The van der Waals surface area contributed by atoms with Gasteiger partial charge in [0.2, 0.25) is 17.7 Å². The van der Waals surface area contributed by atoms with Crippen LogP contribution in [0.3, 0.4) is 0 Å². The molecule has 0 aliphatic rings. The highest BCUT2D eigenvalue weighted by Crippen LogP contribution is 2.14. The minimum absolute atomic E-state index is 0.00846. The predicted octanol–water partition coefficient (Wildman–Crippen LogP) is -2.82. The average molecular weight is 641 g/mol. The van der Waals surface area contributed by atoms with E-state index < -0.39 is 90.9 Å². The number of nitrogens with one attached hydrogen (secondary N) is 3. The van der Waals surface area contributed by atoms with Crippen molar-refractivity contribution in [3.05, 3.63) is 29.8 Å². The highest BCUT2D eigenvalue weighted by Gasteiger charge is 2.27. The number of ether oxygens (including phenoxy) is 1. The Bertz CT molecular complexity index is 1230. The quantitative estimate of drug-likeness (QED) is 0.0761. The highest BCUT2D eigenvalue weighted by molar-refractivity contribution is 7.99. The standard InChI is InChI=1S/C27H37N5O11S/c1-14(26(41)30-15(2)25(28)40)12-44-13-22(35)32-20(8-17-4-6-18(7-5-17)43-11-24(38)39)27(42)29-10-21(34)31-19(16(3)33)9-23(36)37/h4-7,14-15,19-20H,8-13H2,1-3H3,(H2,28,40)(H,29,42)(H,30,41)(H,31,34)(H,32,35)(H,36,37)(H,38,39)/p+1/t14-,15-,19-,20-/m0/s1. The Morgan fingerprint density at radius 3 is 2.07 bits per heavy atom. The van der Waals surface area contributed by atoms with Crippen molar-refractivity contribution in [1.82, 2.24) is 16.0 Å². The lowest BCUT2D eigenvalue weighted by Crippen LogP contribution is -2.93. The van der Waals surface area contributed by atoms with E-state index in [1.165, 1.54) is 19.1 Å². The number of hydrogen-bond donors (Lipinski definition) is 7. The van der Waals surface area contributed by atoms with E-state index in [-0.39, 0.29) is 23.7 Å². The first-order chi connectivity index (χ1) is 20.6. The molecule has 0 heterocycles. The summed E-state index contributed by atoms with van der Waals surface area (Å²) in [5.41, 5.74) is 5.72. The predicted molar refractivity (Wildman–Crippen MR) is 155 cm³/mol. The molecule has 1 aromatic carbocycles. The van der Waals surface area contributed by atoms with Gasteiger partial charge in [-0.2, -0.15) is 11.8 Å². The zero-order valence-corrected chi connectivity index (χ0v) is 25.3. The maximum absolute atomic E-state index is 13.1. The van der Waals surface area contributed by atoms with Gasteiger partial charge in [-0.05, 0) is 31.5 Å². The lowest BCUT2D eigenvalue weighted by Gasteiger charge is -2.18. The van der Waals surface area contributed by atoms with Crippen LogP contribution in [-0.4, -0.2) is 100 Å². The molecule has 0 bridgehead atoms. The van der Waals surface area contributed by atoms with Crippen LogP contribution in [0.1, 0.15) is 32.8 Å². The normalized spacial score (nSPS) is 13.3. The second kappa shape index (κ2) is 18.9. The second-order valence-electron chi connectivity index (χ2n) is 9.84. The summed E-state index contributed by atoms with van der Waals surface area (Å²) in [4.78, 5) is 94.7. The summed E-state index contributed by atoms with van der Waals surface area (Å²) in [5, 5.41) is 26.0. The van der Waals surface area contributed by atoms with Gasteiger partial charge in [-0.1, -0.05) is 19.1 Å². The lowest BCUT2D eigenvalue weighted by atomic mass is 10.0. The van der Waals surface area contributed by atoms with E-state index in [9.17, 15) is 38.4 Å². The number of primary amides is 2. The number of quaternary nitrogens is 1. The van der Waals surface area contributed by atoms with Crippen molar-refractivity contribution in [3.8, 4) is 5.75 Å². The SMILES string of the molecule is CC(=O)[C@H](CC(=O)O)NC(=O)C[NH2+]C(=O)[C@H](Cc1ccc(OCC(=O)O)cc1)NC(=O)CSC[C@H](C)C(=O)N[C@@H](C)C(N)=O. The van der Waals surface area contributed by atoms with Crippen LogP contribution in [0, 0.1) is 5.92 Å². The zero-order valence-electron chi connectivity index (χ0n) is 24.5. The summed E-state index contributed by atoms with van der Waals surface area (Å²) in [6.45, 7) is 3.14. The third kappa shape index (κ3) is 15.1. The van der Waals surface area contributed by atoms with Crippen molar-refractivity contribution in [2.45, 2.75) is 51.7 Å². The topological polar surface area (TPSA) is 265 Å². The molecule has 1 rings (SSSR count). The fourth-order valence-corrected chi connectivity index (χ4v) is 4.34. The van der Waals surface area contributed by atoms with Crippen LogP contribution >= 0.6 is 11.8 Å². The first kappa shape index (κ1) is 37.5. The molecule has 44 heavy (non-hydrogen) atoms. The van der Waals surface area contributed by atoms with Gasteiger partial charge in [0.1, 0.15) is 17.8 Å². The molecular formula is C27H38N5O11S+. The van der Waals surface area contributed by atoms with Crippen LogP contribution in [0.25, 0.3) is 0 Å². The van der Waals surface area contributed by atoms with Crippen molar-refractivity contribution in [2.75, 3.05) is 24.7 Å². The molecule has 0 fully saturated rings. The summed E-state index contributed by atoms with van der Waals surface area (Å²) in [6, 6.07) is 2.88. The van der Waals surface area contributed by atoms with Gasteiger partial charge in [0.25, 0.3) is 5.91 Å². The Hall–Kier alpha value is -4.51. The van der Waals surface area contributed by atoms with Crippen LogP contribution in [0.15, 0.2) is 24.3 Å². The minimum atomic E-state index is -1.29. The third-order valence-electron chi connectivity index (χ3n) is 5.93. The molecule has 0 aliphatic carbocycles. The van der Waals surface area contributed by atoms with E-state index in [2.05, 4.69) is 16.0 Å². The molecule has 0 aliphatic heterocycles.